The number of ether oxygens (including phenoxy) is 1. The second kappa shape index (κ2) is 9.21. The van der Waals surface area contributed by atoms with Crippen molar-refractivity contribution in [1.82, 2.24) is 9.55 Å². The van der Waals surface area contributed by atoms with E-state index in [4.69, 9.17) is 19.4 Å². The van der Waals surface area contributed by atoms with E-state index in [1.165, 1.54) is 4.98 Å². The number of alkyl halides is 2. The van der Waals surface area contributed by atoms with Crippen LogP contribution in [0.25, 0.3) is 0 Å². The molecule has 0 saturated carbocycles. The minimum absolute atomic E-state index is 0.0460. The third kappa shape index (κ3) is 6.22. The third-order valence-electron chi connectivity index (χ3n) is 3.76. The number of hydrogen-bond acceptors (Lipinski definition) is 10. The normalized spacial score (nSPS) is 30.1. The molecule has 0 radical (unpaired) electrons. The largest absolute Gasteiger partial charge is 0.490 e. The summed E-state index contributed by atoms with van der Waals surface area (Å²) in [7, 11) is -17.3. The summed E-state index contributed by atoms with van der Waals surface area (Å²) in [6, 6.07) is 0. The minimum atomic E-state index is -5.88. The molecule has 32 heavy (non-hydrogen) atoms. The zero-order valence-corrected chi connectivity index (χ0v) is 17.7. The molecule has 16 nitrogen and oxygen atoms in total. The van der Waals surface area contributed by atoms with E-state index in [2.05, 4.69) is 13.1 Å². The smallest absolute Gasteiger partial charge is 0.387 e. The Morgan fingerprint density at radius 2 is 1.75 bits per heavy atom. The van der Waals surface area contributed by atoms with Crippen molar-refractivity contribution in [3.05, 3.63) is 32.9 Å². The standard InChI is InChI=1S/C10H14F3N2O14P3/c11-3-10(13)6(16)5(27-8(10)15-1-4(12)7(17)14-9(15)18)2-26-31(22,23)29-32(24,25)28-30(19,20)21/h1,5-6,8,16H,2-3H2,(H,22,23)(H,24,25)(H,14,17,18)(H2,19,20,21)/t5-,6+,8-,10?/m1/s1. The molecule has 2 heterocycles. The van der Waals surface area contributed by atoms with E-state index in [9.17, 15) is 46.5 Å². The van der Waals surface area contributed by atoms with Crippen molar-refractivity contribution >= 4 is 23.5 Å². The monoisotopic (exact) mass is 536 g/mol. The Balaban J connectivity index is 2.22. The van der Waals surface area contributed by atoms with E-state index in [0.29, 0.717) is 0 Å². The van der Waals surface area contributed by atoms with Crippen molar-refractivity contribution in [1.29, 1.82) is 0 Å². The molecule has 0 aliphatic carbocycles. The van der Waals surface area contributed by atoms with Gasteiger partial charge in [0, 0.05) is 0 Å². The van der Waals surface area contributed by atoms with Crippen LogP contribution in [0.2, 0.25) is 0 Å². The Morgan fingerprint density at radius 3 is 2.28 bits per heavy atom. The number of nitrogens with one attached hydrogen (secondary N) is 1. The van der Waals surface area contributed by atoms with Gasteiger partial charge in [0.25, 0.3) is 5.56 Å². The quantitative estimate of drug-likeness (QED) is 0.207. The molecule has 1 aromatic heterocycles. The molecule has 1 aromatic rings. The SMILES string of the molecule is O=c1[nH]c(=O)n([C@@H]2O[C@H](COP(=O)(O)OP(=O)(O)OP(=O)(O)O)[C@H](O)C2(F)CF)cc1F. The molecule has 0 bridgehead atoms. The second-order valence-electron chi connectivity index (χ2n) is 6.06. The number of aromatic amines is 1. The number of hydrogen-bond donors (Lipinski definition) is 6. The van der Waals surface area contributed by atoms with E-state index in [0.717, 1.165) is 0 Å². The molecule has 6 N–H and O–H groups in total. The van der Waals surface area contributed by atoms with Gasteiger partial charge in [-0.15, -0.1) is 0 Å². The fraction of sp³-hybridized carbons (Fsp3) is 0.600. The molecule has 0 spiro atoms. The van der Waals surface area contributed by atoms with Crippen LogP contribution in [0.1, 0.15) is 6.23 Å². The number of H-pyrrole nitrogens is 1. The Hall–Kier alpha value is -1.20. The molecule has 2 rings (SSSR count). The highest BCUT2D eigenvalue weighted by Crippen LogP contribution is 2.66. The molecular formula is C10H14F3N2O14P3. The molecule has 1 saturated heterocycles. The summed E-state index contributed by atoms with van der Waals surface area (Å²) in [5.41, 5.74) is -6.45. The average molecular weight is 536 g/mol. The molecule has 3 unspecified atom stereocenters. The molecule has 1 aliphatic heterocycles. The van der Waals surface area contributed by atoms with Crippen LogP contribution in [0.5, 0.6) is 0 Å². The lowest BCUT2D eigenvalue weighted by Crippen LogP contribution is -2.48. The summed E-state index contributed by atoms with van der Waals surface area (Å²) >= 11 is 0. The van der Waals surface area contributed by atoms with E-state index in [-0.39, 0.29) is 10.8 Å². The molecular weight excluding hydrogens is 522 g/mol. The number of aliphatic hydroxyl groups is 1. The van der Waals surface area contributed by atoms with Gasteiger partial charge >= 0.3 is 29.2 Å². The number of phosphoric ester groups is 1. The Labute approximate surface area is 173 Å². The predicted molar refractivity (Wildman–Crippen MR) is 90.8 cm³/mol. The lowest BCUT2D eigenvalue weighted by atomic mass is 9.97. The molecule has 6 atom stereocenters. The molecule has 1 aliphatic rings. The Bertz CT molecular complexity index is 1120. The number of nitrogens with zero attached hydrogens (tertiary/aromatic N) is 1. The Kier molecular flexibility index (Phi) is 7.79. The second-order valence-corrected chi connectivity index (χ2v) is 10.5. The minimum Gasteiger partial charge on any atom is -0.387 e. The fourth-order valence-corrected chi connectivity index (χ4v) is 5.52. The maximum atomic E-state index is 15.0. The van der Waals surface area contributed by atoms with Crippen molar-refractivity contribution in [2.75, 3.05) is 13.3 Å². The van der Waals surface area contributed by atoms with E-state index in [1.54, 1.807) is 0 Å². The van der Waals surface area contributed by atoms with Crippen molar-refractivity contribution < 1.29 is 69.4 Å². The fourth-order valence-electron chi connectivity index (χ4n) is 2.49. The average Bonchev–Trinajstić information content (AvgIpc) is 2.85. The zero-order chi connectivity index (χ0) is 24.7. The van der Waals surface area contributed by atoms with Gasteiger partial charge in [-0.1, -0.05) is 0 Å². The van der Waals surface area contributed by atoms with Gasteiger partial charge in [-0.25, -0.2) is 27.3 Å². The first kappa shape index (κ1) is 27.0. The van der Waals surface area contributed by atoms with Gasteiger partial charge in [0.1, 0.15) is 18.9 Å². The van der Waals surface area contributed by atoms with Crippen molar-refractivity contribution in [2.24, 2.45) is 0 Å². The van der Waals surface area contributed by atoms with E-state index in [1.807, 2.05) is 0 Å². The summed E-state index contributed by atoms with van der Waals surface area (Å²) < 4.78 is 91.3. The number of aliphatic hydroxyl groups excluding tert-OH is 1. The first-order valence-corrected chi connectivity index (χ1v) is 12.3. The first-order chi connectivity index (χ1) is 14.4. The maximum absolute atomic E-state index is 15.0. The van der Waals surface area contributed by atoms with Gasteiger partial charge in [0.2, 0.25) is 11.5 Å². The Morgan fingerprint density at radius 1 is 1.16 bits per heavy atom. The van der Waals surface area contributed by atoms with Crippen LogP contribution in [0.15, 0.2) is 15.8 Å². The van der Waals surface area contributed by atoms with Crippen molar-refractivity contribution in [3.63, 3.8) is 0 Å². The van der Waals surface area contributed by atoms with Crippen LogP contribution in [-0.2, 0) is 31.6 Å². The van der Waals surface area contributed by atoms with Crippen LogP contribution >= 0.6 is 23.5 Å². The van der Waals surface area contributed by atoms with Crippen LogP contribution in [0.4, 0.5) is 13.2 Å². The zero-order valence-electron chi connectivity index (χ0n) is 15.1. The van der Waals surface area contributed by atoms with Crippen LogP contribution in [-0.4, -0.2) is 65.4 Å². The van der Waals surface area contributed by atoms with E-state index >= 15 is 0 Å². The van der Waals surface area contributed by atoms with Gasteiger partial charge in [-0.05, 0) is 0 Å². The highest BCUT2D eigenvalue weighted by molar-refractivity contribution is 7.66. The lowest BCUT2D eigenvalue weighted by Gasteiger charge is -2.26. The third-order valence-corrected chi connectivity index (χ3v) is 7.56. The topological polar surface area (TPSA) is 244 Å². The van der Waals surface area contributed by atoms with Gasteiger partial charge in [0.05, 0.1) is 12.8 Å². The number of rotatable bonds is 9. The van der Waals surface area contributed by atoms with Gasteiger partial charge in [0.15, 0.2) is 6.23 Å². The molecule has 22 heteroatoms. The predicted octanol–water partition coefficient (Wildman–Crippen LogP) is -1.04. The summed E-state index contributed by atoms with van der Waals surface area (Å²) in [5, 5.41) is 9.99. The highest BCUT2D eigenvalue weighted by Gasteiger charge is 2.59. The summed E-state index contributed by atoms with van der Waals surface area (Å²) in [6.07, 6.45) is -6.91. The van der Waals surface area contributed by atoms with Crippen molar-refractivity contribution in [2.45, 2.75) is 24.1 Å². The molecule has 0 aromatic carbocycles. The highest BCUT2D eigenvalue weighted by atomic mass is 31.3. The molecule has 0 amide bonds. The van der Waals surface area contributed by atoms with E-state index < -0.39 is 77.9 Å². The van der Waals surface area contributed by atoms with Gasteiger partial charge < -0.3 is 29.4 Å². The van der Waals surface area contributed by atoms with Gasteiger partial charge in [-0.3, -0.25) is 18.9 Å². The number of aromatic nitrogens is 2. The van der Waals surface area contributed by atoms with Crippen LogP contribution in [0.3, 0.4) is 0 Å². The van der Waals surface area contributed by atoms with Crippen LogP contribution < -0.4 is 11.2 Å². The summed E-state index contributed by atoms with van der Waals surface area (Å²) in [6.45, 7) is -3.44. The van der Waals surface area contributed by atoms with Crippen molar-refractivity contribution in [3.8, 4) is 0 Å². The molecule has 1 fully saturated rings. The summed E-state index contributed by atoms with van der Waals surface area (Å²) in [4.78, 5) is 59.6. The van der Waals surface area contributed by atoms with Gasteiger partial charge in [-0.2, -0.15) is 13.0 Å². The maximum Gasteiger partial charge on any atom is 0.490 e. The van der Waals surface area contributed by atoms with Crippen LogP contribution in [0, 0.1) is 5.82 Å². The molecule has 184 valence electrons. The first-order valence-electron chi connectivity index (χ1n) is 7.78. The summed E-state index contributed by atoms with van der Waals surface area (Å²) in [5.74, 6) is -1.61. The lowest BCUT2D eigenvalue weighted by molar-refractivity contribution is -0.0735. The number of phosphoric acid groups is 3. The number of halogens is 3.